The number of nitrogens with one attached hydrogen (secondary N) is 2. The molecule has 0 aliphatic carbocycles. The van der Waals surface area contributed by atoms with Gasteiger partial charge in [0.25, 0.3) is 0 Å². The van der Waals surface area contributed by atoms with Gasteiger partial charge in [-0.2, -0.15) is 0 Å². The van der Waals surface area contributed by atoms with E-state index < -0.39 is 23.1 Å². The average Bonchev–Trinajstić information content (AvgIpc) is 3.38. The van der Waals surface area contributed by atoms with E-state index in [-0.39, 0.29) is 30.0 Å². The lowest BCUT2D eigenvalue weighted by Gasteiger charge is -2.33. The molecule has 2 amide bonds. The van der Waals surface area contributed by atoms with Gasteiger partial charge in [0.15, 0.2) is 11.6 Å². The molecule has 2 atom stereocenters. The average molecular weight is 535 g/mol. The summed E-state index contributed by atoms with van der Waals surface area (Å²) in [5, 5.41) is 15.4. The molecular formula is C30H32F2N4O3. The van der Waals surface area contributed by atoms with E-state index in [0.717, 1.165) is 23.3 Å². The highest BCUT2D eigenvalue weighted by Gasteiger charge is 2.43. The van der Waals surface area contributed by atoms with Crippen molar-refractivity contribution in [2.45, 2.75) is 25.3 Å². The third-order valence-electron chi connectivity index (χ3n) is 7.10. The largest absolute Gasteiger partial charge is 0.397 e. The number of nitrogens with two attached hydrogens (primary N) is 1. The fraction of sp³-hybridized carbons (Fsp3) is 0.267. The molecule has 1 aliphatic rings. The van der Waals surface area contributed by atoms with Crippen LogP contribution in [0, 0.1) is 17.6 Å². The van der Waals surface area contributed by atoms with Gasteiger partial charge in [0.1, 0.15) is 0 Å². The van der Waals surface area contributed by atoms with Crippen LogP contribution >= 0.6 is 0 Å². The maximum Gasteiger partial charge on any atom is 0.248 e. The third kappa shape index (κ3) is 6.68. The Kier molecular flexibility index (Phi) is 8.42. The number of rotatable bonds is 8. The molecule has 204 valence electrons. The van der Waals surface area contributed by atoms with E-state index in [2.05, 4.69) is 15.5 Å². The van der Waals surface area contributed by atoms with E-state index in [0.29, 0.717) is 24.5 Å². The molecule has 2 unspecified atom stereocenters. The van der Waals surface area contributed by atoms with Crippen molar-refractivity contribution in [3.8, 4) is 0 Å². The Bertz CT molecular complexity index is 1370. The first-order chi connectivity index (χ1) is 18.6. The van der Waals surface area contributed by atoms with E-state index in [1.54, 1.807) is 30.3 Å². The van der Waals surface area contributed by atoms with Gasteiger partial charge in [-0.15, -0.1) is 0 Å². The normalized spacial score (nSPS) is 17.9. The van der Waals surface area contributed by atoms with E-state index >= 15 is 0 Å². The number of aliphatic hydroxyl groups is 1. The van der Waals surface area contributed by atoms with Crippen LogP contribution in [0.2, 0.25) is 0 Å². The van der Waals surface area contributed by atoms with Crippen LogP contribution in [0.4, 0.5) is 25.8 Å². The molecule has 0 radical (unpaired) electrons. The smallest absolute Gasteiger partial charge is 0.248 e. The second-order valence-electron chi connectivity index (χ2n) is 10.3. The standard InChI is InChI=1S/C30H32F2N4O3/c1-30(2,18-37)36-16-22(23(17-36)29(39)34-21-12-13-24(31)25(32)15-21)20-10-7-19(8-11-20)9-14-28(38)35-27-6-4-3-5-26(27)33/h3-15,22-23,37H,16-18,33H2,1-2H3,(H,34,39)(H,35,38)/b14-9+. The molecule has 39 heavy (non-hydrogen) atoms. The number of nitrogens with zero attached hydrogens (tertiary/aromatic N) is 1. The first kappa shape index (κ1) is 27.9. The SMILES string of the molecule is CC(C)(CO)N1CC(C(=O)Nc2ccc(F)c(F)c2)C(c2ccc(/C=C/C(=O)Nc3ccccc3N)cc2)C1. The maximum atomic E-state index is 13.7. The molecule has 0 aromatic heterocycles. The van der Waals surface area contributed by atoms with Crippen molar-refractivity contribution in [2.75, 3.05) is 36.1 Å². The zero-order valence-corrected chi connectivity index (χ0v) is 21.8. The second-order valence-corrected chi connectivity index (χ2v) is 10.3. The lowest BCUT2D eigenvalue weighted by atomic mass is 9.88. The summed E-state index contributed by atoms with van der Waals surface area (Å²) in [6.45, 7) is 4.64. The molecule has 1 aliphatic heterocycles. The molecule has 3 aromatic carbocycles. The molecule has 1 saturated heterocycles. The van der Waals surface area contributed by atoms with Gasteiger partial charge in [0.05, 0.1) is 23.9 Å². The number of anilines is 3. The van der Waals surface area contributed by atoms with Crippen LogP contribution in [0.25, 0.3) is 6.08 Å². The number of carbonyl (C=O) groups excluding carboxylic acids is 2. The number of hydrogen-bond acceptors (Lipinski definition) is 5. The van der Waals surface area contributed by atoms with Gasteiger partial charge in [-0.25, -0.2) is 8.78 Å². The number of carbonyl (C=O) groups is 2. The van der Waals surface area contributed by atoms with Gasteiger partial charge < -0.3 is 21.5 Å². The van der Waals surface area contributed by atoms with Gasteiger partial charge in [0, 0.05) is 42.4 Å². The zero-order chi connectivity index (χ0) is 28.2. The van der Waals surface area contributed by atoms with Gasteiger partial charge in [0.2, 0.25) is 11.8 Å². The minimum Gasteiger partial charge on any atom is -0.397 e. The number of benzene rings is 3. The van der Waals surface area contributed by atoms with Gasteiger partial charge in [-0.3, -0.25) is 14.5 Å². The number of hydrogen-bond donors (Lipinski definition) is 4. The topological polar surface area (TPSA) is 108 Å². The minimum absolute atomic E-state index is 0.0857. The van der Waals surface area contributed by atoms with Crippen molar-refractivity contribution < 1.29 is 23.5 Å². The number of aliphatic hydroxyl groups excluding tert-OH is 1. The van der Waals surface area contributed by atoms with Crippen LogP contribution in [0.1, 0.15) is 30.9 Å². The number of halogens is 2. The van der Waals surface area contributed by atoms with E-state index in [4.69, 9.17) is 5.73 Å². The zero-order valence-electron chi connectivity index (χ0n) is 21.8. The molecule has 4 rings (SSSR count). The quantitative estimate of drug-likeness (QED) is 0.249. The van der Waals surface area contributed by atoms with Crippen molar-refractivity contribution >= 4 is 35.0 Å². The summed E-state index contributed by atoms with van der Waals surface area (Å²) in [5.41, 5.74) is 8.21. The lowest BCUT2D eigenvalue weighted by Crippen LogP contribution is -2.46. The molecule has 0 bridgehead atoms. The summed E-state index contributed by atoms with van der Waals surface area (Å²) in [4.78, 5) is 27.7. The Morgan fingerprint density at radius 1 is 1.03 bits per heavy atom. The molecule has 3 aromatic rings. The Morgan fingerprint density at radius 2 is 1.74 bits per heavy atom. The van der Waals surface area contributed by atoms with Crippen LogP contribution in [-0.4, -0.2) is 47.1 Å². The third-order valence-corrected chi connectivity index (χ3v) is 7.10. The molecule has 0 saturated carbocycles. The Morgan fingerprint density at radius 3 is 2.41 bits per heavy atom. The van der Waals surface area contributed by atoms with Crippen LogP contribution in [0.3, 0.4) is 0 Å². The molecular weight excluding hydrogens is 502 g/mol. The van der Waals surface area contributed by atoms with Crippen molar-refractivity contribution in [1.29, 1.82) is 0 Å². The highest BCUT2D eigenvalue weighted by Crippen LogP contribution is 2.37. The summed E-state index contributed by atoms with van der Waals surface area (Å²) >= 11 is 0. The van der Waals surface area contributed by atoms with Crippen LogP contribution in [-0.2, 0) is 9.59 Å². The highest BCUT2D eigenvalue weighted by atomic mass is 19.2. The Labute approximate surface area is 226 Å². The molecule has 7 nitrogen and oxygen atoms in total. The van der Waals surface area contributed by atoms with E-state index in [9.17, 15) is 23.5 Å². The predicted octanol–water partition coefficient (Wildman–Crippen LogP) is 4.62. The van der Waals surface area contributed by atoms with Gasteiger partial charge in [-0.05, 0) is 55.3 Å². The monoisotopic (exact) mass is 534 g/mol. The van der Waals surface area contributed by atoms with Gasteiger partial charge in [-0.1, -0.05) is 36.4 Å². The number of likely N-dealkylation sites (tertiary alicyclic amines) is 1. The lowest BCUT2D eigenvalue weighted by molar-refractivity contribution is -0.120. The summed E-state index contributed by atoms with van der Waals surface area (Å²) in [5.74, 6) is -3.36. The molecule has 5 N–H and O–H groups in total. The molecule has 9 heteroatoms. The van der Waals surface area contributed by atoms with Crippen LogP contribution in [0.15, 0.2) is 72.8 Å². The molecule has 1 fully saturated rings. The highest BCUT2D eigenvalue weighted by molar-refractivity contribution is 6.03. The van der Waals surface area contributed by atoms with E-state index in [1.165, 1.54) is 12.1 Å². The first-order valence-electron chi connectivity index (χ1n) is 12.6. The fourth-order valence-corrected chi connectivity index (χ4v) is 4.62. The Balaban J connectivity index is 1.49. The Hall–Kier alpha value is -4.08. The number of para-hydroxylation sites is 2. The van der Waals surface area contributed by atoms with E-state index in [1.807, 2.05) is 38.1 Å². The van der Waals surface area contributed by atoms with Crippen molar-refractivity contribution in [3.05, 3.63) is 95.6 Å². The minimum atomic E-state index is -1.04. The predicted molar refractivity (Wildman–Crippen MR) is 149 cm³/mol. The van der Waals surface area contributed by atoms with Gasteiger partial charge >= 0.3 is 0 Å². The summed E-state index contributed by atoms with van der Waals surface area (Å²) in [6.07, 6.45) is 3.10. The van der Waals surface area contributed by atoms with Crippen LogP contribution in [0.5, 0.6) is 0 Å². The van der Waals surface area contributed by atoms with Crippen molar-refractivity contribution in [2.24, 2.45) is 5.92 Å². The molecule has 0 spiro atoms. The number of nitrogen functional groups attached to an aromatic ring is 1. The summed E-state index contributed by atoms with van der Waals surface area (Å²) in [7, 11) is 0. The summed E-state index contributed by atoms with van der Waals surface area (Å²) < 4.78 is 27.0. The molecule has 1 heterocycles. The fourth-order valence-electron chi connectivity index (χ4n) is 4.62. The number of amides is 2. The van der Waals surface area contributed by atoms with Crippen molar-refractivity contribution in [3.63, 3.8) is 0 Å². The second kappa shape index (κ2) is 11.8. The summed E-state index contributed by atoms with van der Waals surface area (Å²) in [6, 6.07) is 17.8. The van der Waals surface area contributed by atoms with Crippen molar-refractivity contribution in [1.82, 2.24) is 4.90 Å². The first-order valence-corrected chi connectivity index (χ1v) is 12.6. The maximum absolute atomic E-state index is 13.7. The van der Waals surface area contributed by atoms with Crippen LogP contribution < -0.4 is 16.4 Å².